The van der Waals surface area contributed by atoms with Gasteiger partial charge < -0.3 is 15.6 Å². The van der Waals surface area contributed by atoms with Gasteiger partial charge in [0.1, 0.15) is 6.10 Å². The fourth-order valence-corrected chi connectivity index (χ4v) is 4.18. The van der Waals surface area contributed by atoms with Gasteiger partial charge in [-0.1, -0.05) is 30.3 Å². The maximum atomic E-state index is 13.2. The van der Waals surface area contributed by atoms with Crippen LogP contribution in [0.15, 0.2) is 48.5 Å². The van der Waals surface area contributed by atoms with Crippen LogP contribution in [-0.4, -0.2) is 24.4 Å². The first-order chi connectivity index (χ1) is 14.9. The smallest absolute Gasteiger partial charge is 0.393 e. The molecule has 2 aromatic rings. The summed E-state index contributed by atoms with van der Waals surface area (Å²) in [7, 11) is 0. The topological polar surface area (TPSA) is 55.5 Å². The van der Waals surface area contributed by atoms with E-state index in [-0.39, 0.29) is 24.3 Å². The summed E-state index contributed by atoms with van der Waals surface area (Å²) >= 11 is 0. The molecule has 0 spiro atoms. The number of hydrogen-bond acceptors (Lipinski definition) is 3. The Kier molecular flexibility index (Phi) is 7.21. The molecular formula is C23H25F6NO2. The van der Waals surface area contributed by atoms with Gasteiger partial charge in [-0.25, -0.2) is 0 Å². The molecular weight excluding hydrogens is 436 g/mol. The number of halogens is 6. The third-order valence-corrected chi connectivity index (χ3v) is 6.08. The van der Waals surface area contributed by atoms with Crippen molar-refractivity contribution in [2.75, 3.05) is 13.2 Å². The Morgan fingerprint density at radius 1 is 0.938 bits per heavy atom. The average molecular weight is 461 g/mol. The SMILES string of the molecule is N[C@H]1CC[C@](COC(CO)c2cc(C(F)(F)F)cc(C(F)(F)F)c2)(c2ccccc2)CC1. The lowest BCUT2D eigenvalue weighted by Gasteiger charge is -2.40. The van der Waals surface area contributed by atoms with Crippen molar-refractivity contribution < 1.29 is 36.2 Å². The van der Waals surface area contributed by atoms with Crippen molar-refractivity contribution in [3.8, 4) is 0 Å². The maximum Gasteiger partial charge on any atom is 0.416 e. The molecule has 1 saturated carbocycles. The minimum absolute atomic E-state index is 0.0262. The van der Waals surface area contributed by atoms with Gasteiger partial charge in [-0.3, -0.25) is 0 Å². The van der Waals surface area contributed by atoms with Crippen LogP contribution in [0.2, 0.25) is 0 Å². The molecule has 3 nitrogen and oxygen atoms in total. The fourth-order valence-electron chi connectivity index (χ4n) is 4.18. The Bertz CT molecular complexity index is 857. The highest BCUT2D eigenvalue weighted by molar-refractivity contribution is 5.35. The molecule has 32 heavy (non-hydrogen) atoms. The molecule has 3 N–H and O–H groups in total. The first kappa shape index (κ1) is 24.5. The highest BCUT2D eigenvalue weighted by Crippen LogP contribution is 2.42. The van der Waals surface area contributed by atoms with Gasteiger partial charge in [0.15, 0.2) is 0 Å². The van der Waals surface area contributed by atoms with Gasteiger partial charge in [0, 0.05) is 11.5 Å². The lowest BCUT2D eigenvalue weighted by molar-refractivity contribution is -0.143. The van der Waals surface area contributed by atoms with E-state index in [4.69, 9.17) is 10.5 Å². The molecule has 2 aromatic carbocycles. The van der Waals surface area contributed by atoms with E-state index in [1.807, 2.05) is 30.3 Å². The molecule has 0 amide bonds. The molecule has 0 aromatic heterocycles. The van der Waals surface area contributed by atoms with E-state index in [1.165, 1.54) is 0 Å². The van der Waals surface area contributed by atoms with Crippen LogP contribution in [0, 0.1) is 0 Å². The van der Waals surface area contributed by atoms with Gasteiger partial charge in [0.25, 0.3) is 0 Å². The monoisotopic (exact) mass is 461 g/mol. The molecule has 9 heteroatoms. The van der Waals surface area contributed by atoms with Crippen molar-refractivity contribution in [3.63, 3.8) is 0 Å². The summed E-state index contributed by atoms with van der Waals surface area (Å²) in [5.74, 6) is 0. The second kappa shape index (κ2) is 9.41. The zero-order valence-electron chi connectivity index (χ0n) is 17.2. The third kappa shape index (κ3) is 5.63. The molecule has 1 unspecified atom stereocenters. The van der Waals surface area contributed by atoms with Crippen LogP contribution in [-0.2, 0) is 22.5 Å². The summed E-state index contributed by atoms with van der Waals surface area (Å²) in [5, 5.41) is 9.79. The van der Waals surface area contributed by atoms with Gasteiger partial charge in [-0.05, 0) is 55.0 Å². The normalized spacial score (nSPS) is 23.2. The minimum Gasteiger partial charge on any atom is -0.393 e. The van der Waals surface area contributed by atoms with Crippen molar-refractivity contribution in [1.82, 2.24) is 0 Å². The van der Waals surface area contributed by atoms with Crippen LogP contribution in [0.3, 0.4) is 0 Å². The summed E-state index contributed by atoms with van der Waals surface area (Å²) < 4.78 is 85.1. The van der Waals surface area contributed by atoms with Crippen LogP contribution in [0.25, 0.3) is 0 Å². The number of hydrogen-bond donors (Lipinski definition) is 2. The lowest BCUT2D eigenvalue weighted by Crippen LogP contribution is -2.40. The molecule has 1 atom stereocenters. The first-order valence-electron chi connectivity index (χ1n) is 10.3. The molecule has 1 aliphatic carbocycles. The Hall–Kier alpha value is -2.10. The van der Waals surface area contributed by atoms with Gasteiger partial charge in [-0.15, -0.1) is 0 Å². The van der Waals surface area contributed by atoms with Crippen molar-refractivity contribution in [3.05, 3.63) is 70.8 Å². The highest BCUT2D eigenvalue weighted by Gasteiger charge is 2.39. The predicted molar refractivity (Wildman–Crippen MR) is 107 cm³/mol. The zero-order chi connectivity index (χ0) is 23.6. The van der Waals surface area contributed by atoms with Crippen molar-refractivity contribution >= 4 is 0 Å². The highest BCUT2D eigenvalue weighted by atomic mass is 19.4. The van der Waals surface area contributed by atoms with Crippen molar-refractivity contribution in [2.45, 2.75) is 55.6 Å². The average Bonchev–Trinajstić information content (AvgIpc) is 2.75. The molecule has 1 fully saturated rings. The van der Waals surface area contributed by atoms with E-state index in [0.29, 0.717) is 37.8 Å². The molecule has 0 bridgehead atoms. The van der Waals surface area contributed by atoms with Gasteiger partial charge >= 0.3 is 12.4 Å². The third-order valence-electron chi connectivity index (χ3n) is 6.08. The first-order valence-corrected chi connectivity index (χ1v) is 10.3. The minimum atomic E-state index is -4.97. The quantitative estimate of drug-likeness (QED) is 0.550. The van der Waals surface area contributed by atoms with Crippen molar-refractivity contribution in [2.24, 2.45) is 5.73 Å². The van der Waals surface area contributed by atoms with Crippen molar-refractivity contribution in [1.29, 1.82) is 0 Å². The van der Waals surface area contributed by atoms with E-state index >= 15 is 0 Å². The molecule has 0 heterocycles. The van der Waals surface area contributed by atoms with Crippen LogP contribution in [0.5, 0.6) is 0 Å². The van der Waals surface area contributed by atoms with Crippen LogP contribution in [0.1, 0.15) is 54.0 Å². The number of benzene rings is 2. The summed E-state index contributed by atoms with van der Waals surface area (Å²) in [6, 6.07) is 10.7. The molecule has 176 valence electrons. The number of ether oxygens (including phenoxy) is 1. The maximum absolute atomic E-state index is 13.2. The van der Waals surface area contributed by atoms with E-state index in [0.717, 1.165) is 5.56 Å². The summed E-state index contributed by atoms with van der Waals surface area (Å²) in [4.78, 5) is 0. The van der Waals surface area contributed by atoms with E-state index in [2.05, 4.69) is 0 Å². The van der Waals surface area contributed by atoms with E-state index in [9.17, 15) is 31.4 Å². The van der Waals surface area contributed by atoms with Gasteiger partial charge in [0.05, 0.1) is 24.3 Å². The van der Waals surface area contributed by atoms with Crippen LogP contribution < -0.4 is 5.73 Å². The molecule has 1 aliphatic rings. The zero-order valence-corrected chi connectivity index (χ0v) is 17.2. The summed E-state index contributed by atoms with van der Waals surface area (Å²) in [6.45, 7) is -0.727. The molecule has 0 saturated heterocycles. The number of aliphatic hydroxyl groups is 1. The molecule has 3 rings (SSSR count). The molecule has 0 aliphatic heterocycles. The molecule has 0 radical (unpaired) electrons. The van der Waals surface area contributed by atoms with Gasteiger partial charge in [0.2, 0.25) is 0 Å². The fraction of sp³-hybridized carbons (Fsp3) is 0.478. The standard InChI is InChI=1S/C23H25F6NO2/c24-22(25,26)17-10-15(11-18(12-17)23(27,28)29)20(13-31)32-14-21(8-6-19(30)7-9-21)16-4-2-1-3-5-16/h1-5,10-12,19-20,31H,6-9,13-14,30H2/t19-,20?,21-. The predicted octanol–water partition coefficient (Wildman–Crippen LogP) is 5.61. The summed E-state index contributed by atoms with van der Waals surface area (Å²) in [6.07, 6.45) is -8.54. The van der Waals surface area contributed by atoms with E-state index < -0.39 is 41.6 Å². The van der Waals surface area contributed by atoms with Gasteiger partial charge in [-0.2, -0.15) is 26.3 Å². The number of nitrogens with two attached hydrogens (primary N) is 1. The Balaban J connectivity index is 1.91. The Morgan fingerprint density at radius 2 is 1.47 bits per heavy atom. The van der Waals surface area contributed by atoms with Crippen LogP contribution in [0.4, 0.5) is 26.3 Å². The van der Waals surface area contributed by atoms with E-state index in [1.54, 1.807) is 0 Å². The Labute approximate surface area is 182 Å². The number of alkyl halides is 6. The Morgan fingerprint density at radius 3 is 1.94 bits per heavy atom. The van der Waals surface area contributed by atoms with Crippen LogP contribution >= 0.6 is 0 Å². The number of rotatable bonds is 6. The second-order valence-electron chi connectivity index (χ2n) is 8.31. The number of aliphatic hydroxyl groups excluding tert-OH is 1. The lowest BCUT2D eigenvalue weighted by atomic mass is 9.69. The second-order valence-corrected chi connectivity index (χ2v) is 8.31. The summed E-state index contributed by atoms with van der Waals surface area (Å²) in [5.41, 5.74) is 3.25. The largest absolute Gasteiger partial charge is 0.416 e.